The topological polar surface area (TPSA) is 128 Å². The quantitative estimate of drug-likeness (QED) is 0.106. The highest BCUT2D eigenvalue weighted by molar-refractivity contribution is 7.90. The van der Waals surface area contributed by atoms with Crippen molar-refractivity contribution >= 4 is 61.3 Å². The molecule has 3 aliphatic rings. The monoisotopic (exact) mass is 895 g/mol. The molecule has 5 aromatic rings. The van der Waals surface area contributed by atoms with E-state index in [9.17, 15) is 13.2 Å². The van der Waals surface area contributed by atoms with E-state index < -0.39 is 33.0 Å². The summed E-state index contributed by atoms with van der Waals surface area (Å²) in [5, 5.41) is 4.69. The van der Waals surface area contributed by atoms with E-state index in [0.29, 0.717) is 66.2 Å². The molecule has 1 amide bonds. The first-order valence-corrected chi connectivity index (χ1v) is 22.4. The maximum atomic E-state index is 15.7. The van der Waals surface area contributed by atoms with Gasteiger partial charge in [0.05, 0.1) is 40.8 Å². The molecule has 4 aromatic carbocycles. The van der Waals surface area contributed by atoms with Crippen molar-refractivity contribution in [2.24, 2.45) is 0 Å². The molecule has 1 aromatic heterocycles. The number of rotatable bonds is 12. The zero-order valence-electron chi connectivity index (χ0n) is 33.8. The van der Waals surface area contributed by atoms with Crippen LogP contribution < -0.4 is 24.0 Å². The number of aromatic nitrogens is 1. The van der Waals surface area contributed by atoms with Crippen molar-refractivity contribution in [3.63, 3.8) is 0 Å². The van der Waals surface area contributed by atoms with E-state index in [0.717, 1.165) is 22.9 Å². The third-order valence-corrected chi connectivity index (χ3v) is 13.6. The van der Waals surface area contributed by atoms with Crippen LogP contribution in [0, 0.1) is 5.82 Å². The Morgan fingerprint density at radius 1 is 0.934 bits per heavy atom. The molecule has 0 saturated carbocycles. The highest BCUT2D eigenvalue weighted by Gasteiger charge is 2.39. The van der Waals surface area contributed by atoms with Crippen LogP contribution >= 0.6 is 23.2 Å². The number of halogens is 4. The van der Waals surface area contributed by atoms with E-state index in [1.54, 1.807) is 24.4 Å². The highest BCUT2D eigenvalue weighted by atomic mass is 35.5. The number of quaternary nitrogens is 1. The fourth-order valence-corrected chi connectivity index (χ4v) is 9.60. The average molecular weight is 897 g/mol. The van der Waals surface area contributed by atoms with Crippen LogP contribution in [0.2, 0.25) is 10.0 Å². The summed E-state index contributed by atoms with van der Waals surface area (Å²) in [6, 6.07) is 21.0. The van der Waals surface area contributed by atoms with Gasteiger partial charge in [-0.15, -0.1) is 0 Å². The van der Waals surface area contributed by atoms with E-state index in [-0.39, 0.29) is 65.4 Å². The lowest BCUT2D eigenvalue weighted by Gasteiger charge is -2.44. The van der Waals surface area contributed by atoms with Gasteiger partial charge in [-0.1, -0.05) is 35.3 Å². The van der Waals surface area contributed by atoms with Gasteiger partial charge in [0.1, 0.15) is 36.0 Å². The van der Waals surface area contributed by atoms with Gasteiger partial charge in [-0.2, -0.15) is 0 Å². The molecule has 0 unspecified atom stereocenters. The van der Waals surface area contributed by atoms with Crippen LogP contribution in [0.1, 0.15) is 49.0 Å². The van der Waals surface area contributed by atoms with E-state index in [4.69, 9.17) is 42.1 Å². The van der Waals surface area contributed by atoms with Crippen molar-refractivity contribution in [3.05, 3.63) is 118 Å². The number of hydrogen-bond acceptors (Lipinski definition) is 8. The maximum Gasteiger partial charge on any atom is 0.268 e. The van der Waals surface area contributed by atoms with Crippen molar-refractivity contribution < 1.29 is 40.9 Å². The van der Waals surface area contributed by atoms with Crippen LogP contribution in [-0.2, 0) is 19.5 Å². The minimum absolute atomic E-state index is 0.0435. The molecule has 3 aliphatic heterocycles. The number of H-pyrrole nitrogens is 1. The van der Waals surface area contributed by atoms with Gasteiger partial charge in [0, 0.05) is 91.5 Å². The number of carbonyl (C=O) groups is 1. The number of hydrogen-bond donors (Lipinski definition) is 3. The lowest BCUT2D eigenvalue weighted by Crippen LogP contribution is -2.61. The highest BCUT2D eigenvalue weighted by Crippen LogP contribution is 2.41. The smallest absolute Gasteiger partial charge is 0.268 e. The number of piperazine rings is 1. The van der Waals surface area contributed by atoms with Crippen LogP contribution in [0.5, 0.6) is 17.2 Å². The molecule has 0 bridgehead atoms. The summed E-state index contributed by atoms with van der Waals surface area (Å²) in [4.78, 5) is 16.8. The van der Waals surface area contributed by atoms with Crippen LogP contribution in [0.15, 0.2) is 95.5 Å². The molecule has 2 fully saturated rings. The lowest BCUT2D eigenvalue weighted by molar-refractivity contribution is -0.0323. The molecule has 16 heteroatoms. The molecular formula is C45H47Cl2F2N4O7S+. The molecule has 322 valence electrons. The zero-order valence-corrected chi connectivity index (χ0v) is 36.1. The Morgan fingerprint density at radius 3 is 2.43 bits per heavy atom. The Bertz CT molecular complexity index is 2590. The lowest BCUT2D eigenvalue weighted by atomic mass is 9.86. The normalized spacial score (nSPS) is 18.8. The molecule has 8 rings (SSSR count). The first kappa shape index (κ1) is 43.1. The van der Waals surface area contributed by atoms with Crippen molar-refractivity contribution in [3.8, 4) is 17.2 Å². The summed E-state index contributed by atoms with van der Waals surface area (Å²) in [7, 11) is -4.52. The Morgan fingerprint density at radius 2 is 1.69 bits per heavy atom. The van der Waals surface area contributed by atoms with Gasteiger partial charge in [0.15, 0.2) is 11.6 Å². The van der Waals surface area contributed by atoms with Gasteiger partial charge in [0.25, 0.3) is 15.9 Å². The van der Waals surface area contributed by atoms with E-state index in [2.05, 4.69) is 28.9 Å². The van der Waals surface area contributed by atoms with Crippen LogP contribution in [0.25, 0.3) is 16.5 Å². The molecule has 2 saturated heterocycles. The van der Waals surface area contributed by atoms with Crippen molar-refractivity contribution in [2.75, 3.05) is 59.2 Å². The predicted molar refractivity (Wildman–Crippen MR) is 233 cm³/mol. The number of amides is 1. The Kier molecular flexibility index (Phi) is 12.2. The summed E-state index contributed by atoms with van der Waals surface area (Å²) >= 11 is 12.7. The number of nitrogens with one attached hydrogen (secondary N) is 3. The fraction of sp³-hybridized carbons (Fsp3) is 0.356. The van der Waals surface area contributed by atoms with Gasteiger partial charge < -0.3 is 29.2 Å². The van der Waals surface area contributed by atoms with Crippen LogP contribution in [0.4, 0.5) is 14.5 Å². The van der Waals surface area contributed by atoms with Crippen LogP contribution in [0.3, 0.4) is 0 Å². The number of alkyl halides is 1. The molecule has 61 heavy (non-hydrogen) atoms. The number of benzene rings is 4. The second-order valence-electron chi connectivity index (χ2n) is 16.5. The third-order valence-electron chi connectivity index (χ3n) is 11.7. The fourth-order valence-electron chi connectivity index (χ4n) is 8.18. The Balaban J connectivity index is 1.13. The van der Waals surface area contributed by atoms with Gasteiger partial charge in [-0.3, -0.25) is 9.28 Å². The molecular weight excluding hydrogens is 849 g/mol. The first-order chi connectivity index (χ1) is 29.1. The Labute approximate surface area is 363 Å². The van der Waals surface area contributed by atoms with Crippen molar-refractivity contribution in [2.45, 2.75) is 49.3 Å². The number of ether oxygens (including phenoxy) is 4. The molecule has 0 spiro atoms. The second kappa shape index (κ2) is 17.3. The third kappa shape index (κ3) is 9.61. The van der Waals surface area contributed by atoms with Crippen molar-refractivity contribution in [1.82, 2.24) is 19.5 Å². The van der Waals surface area contributed by atoms with Crippen LogP contribution in [-0.4, -0.2) is 89.7 Å². The molecule has 0 radical (unpaired) electrons. The minimum atomic E-state index is -4.52. The number of carbonyl (C=O) groups excluding carboxylic acids is 1. The average Bonchev–Trinajstić information content (AvgIpc) is 3.69. The second-order valence-corrected chi connectivity index (χ2v) is 19.0. The van der Waals surface area contributed by atoms with Gasteiger partial charge in [-0.05, 0) is 73.5 Å². The summed E-state index contributed by atoms with van der Waals surface area (Å²) in [6.07, 6.45) is 2.68. The standard InChI is InChI=1S/C45H46Cl2F2N4O7S/c1-44(2)25-36(29-3-5-32(46)6-4-29)31(27-59-44)26-53(17-15-50-16-18-53)33-7-9-35(41(22-33)60-42-21-30-11-14-51-39(30)24-38(42)48)43(54)52-61(55,56)34-8-10-40(37(47)23-34)58-28-45(49)12-19-57-20-13-45/h3-11,14,21-24,50-51H,12-13,15-20,25-28H2,1-2H3/p+1. The minimum Gasteiger partial charge on any atom is -0.489 e. The predicted octanol–water partition coefficient (Wildman–Crippen LogP) is 8.99. The largest absolute Gasteiger partial charge is 0.489 e. The molecule has 0 atom stereocenters. The SMILES string of the molecule is CC1(C)CC(c2ccc(Cl)cc2)=C(C[N+]2(c3ccc(C(=O)NS(=O)(=O)c4ccc(OCC5(F)CCOCC5)c(Cl)c4)c(Oc4cc5cc[nH]c5cc4F)c3)CCNCC2)CO1. The Hall–Kier alpha value is -4.54. The molecule has 3 N–H and O–H groups in total. The summed E-state index contributed by atoms with van der Waals surface area (Å²) < 4.78 is 84.4. The van der Waals surface area contributed by atoms with Crippen molar-refractivity contribution in [1.29, 1.82) is 0 Å². The summed E-state index contributed by atoms with van der Waals surface area (Å²) in [6.45, 7) is 8.12. The number of sulfonamides is 1. The summed E-state index contributed by atoms with van der Waals surface area (Å²) in [5.74, 6) is -1.80. The van der Waals surface area contributed by atoms with Gasteiger partial charge in [-0.25, -0.2) is 21.9 Å². The molecule has 11 nitrogen and oxygen atoms in total. The zero-order chi connectivity index (χ0) is 43.0. The number of nitrogens with zero attached hydrogens (tertiary/aromatic N) is 1. The number of fused-ring (bicyclic) bond motifs is 1. The van der Waals surface area contributed by atoms with Gasteiger partial charge in [0.2, 0.25) is 0 Å². The first-order valence-electron chi connectivity index (χ1n) is 20.1. The van der Waals surface area contributed by atoms with E-state index >= 15 is 8.78 Å². The van der Waals surface area contributed by atoms with Gasteiger partial charge >= 0.3 is 0 Å². The molecule has 4 heterocycles. The number of aromatic amines is 1. The summed E-state index contributed by atoms with van der Waals surface area (Å²) in [5.41, 5.74) is 2.55. The van der Waals surface area contributed by atoms with E-state index in [1.807, 2.05) is 24.3 Å². The maximum absolute atomic E-state index is 15.7. The van der Waals surface area contributed by atoms with E-state index in [1.165, 1.54) is 35.9 Å². The molecule has 0 aliphatic carbocycles.